The summed E-state index contributed by atoms with van der Waals surface area (Å²) in [4.78, 5) is 17.0. The van der Waals surface area contributed by atoms with E-state index in [0.29, 0.717) is 26.8 Å². The van der Waals surface area contributed by atoms with Crippen molar-refractivity contribution < 1.29 is 9.53 Å². The van der Waals surface area contributed by atoms with E-state index in [-0.39, 0.29) is 5.91 Å². The van der Waals surface area contributed by atoms with E-state index < -0.39 is 0 Å². The van der Waals surface area contributed by atoms with E-state index in [1.165, 1.54) is 7.11 Å². The number of hydrogen-bond acceptors (Lipinski definition) is 3. The second kappa shape index (κ2) is 7.94. The number of carbonyl (C=O) groups is 1. The largest absolute Gasteiger partial charge is 0.494 e. The highest BCUT2D eigenvalue weighted by molar-refractivity contribution is 6.37. The average Bonchev–Trinajstić information content (AvgIpc) is 2.51. The number of benzene rings is 1. The van der Waals surface area contributed by atoms with E-state index in [0.717, 1.165) is 39.1 Å². The van der Waals surface area contributed by atoms with E-state index in [1.807, 2.05) is 4.90 Å². The molecule has 0 N–H and O–H groups in total. The third-order valence-corrected chi connectivity index (χ3v) is 4.85. The molecule has 0 unspecified atom stereocenters. The van der Waals surface area contributed by atoms with Crippen molar-refractivity contribution in [1.29, 1.82) is 0 Å². The fourth-order valence-electron chi connectivity index (χ4n) is 2.73. The van der Waals surface area contributed by atoms with E-state index in [4.69, 9.17) is 27.9 Å². The van der Waals surface area contributed by atoms with Gasteiger partial charge >= 0.3 is 0 Å². The molecule has 24 heavy (non-hydrogen) atoms. The van der Waals surface area contributed by atoms with Crippen LogP contribution in [0.4, 0.5) is 0 Å². The van der Waals surface area contributed by atoms with E-state index in [1.54, 1.807) is 12.1 Å². The van der Waals surface area contributed by atoms with Crippen molar-refractivity contribution >= 4 is 29.1 Å². The van der Waals surface area contributed by atoms with Gasteiger partial charge in [-0.2, -0.15) is 0 Å². The predicted molar refractivity (Wildman–Crippen MR) is 99.4 cm³/mol. The maximum Gasteiger partial charge on any atom is 0.254 e. The Kier molecular flexibility index (Phi) is 6.40. The van der Waals surface area contributed by atoms with Crippen LogP contribution in [-0.2, 0) is 0 Å². The summed E-state index contributed by atoms with van der Waals surface area (Å²) in [7, 11) is 1.51. The van der Waals surface area contributed by atoms with Crippen molar-refractivity contribution in [2.45, 2.75) is 27.2 Å². The van der Waals surface area contributed by atoms with Crippen LogP contribution in [0.25, 0.3) is 0 Å². The van der Waals surface area contributed by atoms with E-state index >= 15 is 0 Å². The molecular formula is C18H26Cl2N2O2. The summed E-state index contributed by atoms with van der Waals surface area (Å²) in [5, 5.41) is 0.717. The van der Waals surface area contributed by atoms with Crippen LogP contribution in [0.15, 0.2) is 12.1 Å². The number of carbonyl (C=O) groups excluding carboxylic acids is 1. The molecule has 1 aromatic carbocycles. The molecule has 0 bridgehead atoms. The lowest BCUT2D eigenvalue weighted by molar-refractivity contribution is 0.0623. The van der Waals surface area contributed by atoms with Crippen molar-refractivity contribution in [3.05, 3.63) is 27.7 Å². The Morgan fingerprint density at radius 1 is 1.12 bits per heavy atom. The first-order valence-electron chi connectivity index (χ1n) is 8.26. The van der Waals surface area contributed by atoms with Gasteiger partial charge in [-0.15, -0.1) is 0 Å². The molecular weight excluding hydrogens is 347 g/mol. The van der Waals surface area contributed by atoms with Gasteiger partial charge in [-0.3, -0.25) is 9.69 Å². The number of piperazine rings is 1. The third kappa shape index (κ3) is 5.01. The zero-order valence-corrected chi connectivity index (χ0v) is 16.4. The van der Waals surface area contributed by atoms with Crippen LogP contribution in [-0.4, -0.2) is 55.5 Å². The fraction of sp³-hybridized carbons (Fsp3) is 0.611. The highest BCUT2D eigenvalue weighted by atomic mass is 35.5. The quantitative estimate of drug-likeness (QED) is 0.793. The standard InChI is InChI=1S/C18H26Cl2N2O2/c1-18(2,3)5-6-21-7-9-22(10-8-21)17(23)13-11-14(19)16(24-4)15(20)12-13/h11-12H,5-10H2,1-4H3. The van der Waals surface area contributed by atoms with Gasteiger partial charge in [-0.1, -0.05) is 44.0 Å². The Morgan fingerprint density at radius 3 is 2.12 bits per heavy atom. The lowest BCUT2D eigenvalue weighted by Gasteiger charge is -2.36. The lowest BCUT2D eigenvalue weighted by Crippen LogP contribution is -2.49. The van der Waals surface area contributed by atoms with Crippen LogP contribution >= 0.6 is 23.2 Å². The van der Waals surface area contributed by atoms with Gasteiger partial charge < -0.3 is 9.64 Å². The van der Waals surface area contributed by atoms with Gasteiger partial charge in [0.2, 0.25) is 0 Å². The van der Waals surface area contributed by atoms with Gasteiger partial charge in [0.25, 0.3) is 5.91 Å². The first kappa shape index (κ1) is 19.4. The van der Waals surface area contributed by atoms with E-state index in [9.17, 15) is 4.79 Å². The smallest absolute Gasteiger partial charge is 0.254 e. The van der Waals surface area contributed by atoms with Gasteiger partial charge in [0.15, 0.2) is 5.75 Å². The fourth-order valence-corrected chi connectivity index (χ4v) is 3.37. The molecule has 0 spiro atoms. The molecule has 0 radical (unpaired) electrons. The molecule has 1 saturated heterocycles. The summed E-state index contributed by atoms with van der Waals surface area (Å²) in [5.74, 6) is 0.374. The van der Waals surface area contributed by atoms with Crippen LogP contribution in [0.5, 0.6) is 5.75 Å². The van der Waals surface area contributed by atoms with Gasteiger partial charge in [-0.25, -0.2) is 0 Å². The molecule has 0 aromatic heterocycles. The Labute approximate surface area is 154 Å². The Bertz CT molecular complexity index is 568. The Balaban J connectivity index is 1.96. The molecule has 0 aliphatic carbocycles. The minimum absolute atomic E-state index is 0.0306. The van der Waals surface area contributed by atoms with E-state index in [2.05, 4.69) is 25.7 Å². The maximum absolute atomic E-state index is 12.7. The van der Waals surface area contributed by atoms with Gasteiger partial charge in [0.05, 0.1) is 17.2 Å². The summed E-state index contributed by atoms with van der Waals surface area (Å²) < 4.78 is 5.13. The molecule has 0 atom stereocenters. The zero-order valence-electron chi connectivity index (χ0n) is 14.9. The molecule has 134 valence electrons. The molecule has 0 saturated carbocycles. The monoisotopic (exact) mass is 372 g/mol. The SMILES string of the molecule is COc1c(Cl)cc(C(=O)N2CCN(CCC(C)(C)C)CC2)cc1Cl. The third-order valence-electron chi connectivity index (χ3n) is 4.29. The van der Waals surface area contributed by atoms with Crippen molar-refractivity contribution in [1.82, 2.24) is 9.80 Å². The Hall–Kier alpha value is -0.970. The maximum atomic E-state index is 12.7. The van der Waals surface area contributed by atoms with Crippen molar-refractivity contribution in [2.75, 3.05) is 39.8 Å². The number of rotatable bonds is 4. The predicted octanol–water partition coefficient (Wildman–Crippen LogP) is 4.20. The first-order valence-corrected chi connectivity index (χ1v) is 9.01. The normalized spacial score (nSPS) is 16.3. The van der Waals surface area contributed by atoms with Crippen molar-refractivity contribution in [3.8, 4) is 5.75 Å². The average molecular weight is 373 g/mol. The minimum atomic E-state index is -0.0306. The van der Waals surface area contributed by atoms with Gasteiger partial charge in [0.1, 0.15) is 0 Å². The molecule has 1 amide bonds. The number of hydrogen-bond donors (Lipinski definition) is 0. The van der Waals surface area contributed by atoms with Crippen LogP contribution in [0.3, 0.4) is 0 Å². The summed E-state index contributed by atoms with van der Waals surface area (Å²) in [5.41, 5.74) is 0.845. The van der Waals surface area contributed by atoms with Crippen LogP contribution in [0.2, 0.25) is 10.0 Å². The topological polar surface area (TPSA) is 32.8 Å². The van der Waals surface area contributed by atoms with Crippen molar-refractivity contribution in [2.24, 2.45) is 5.41 Å². The molecule has 1 heterocycles. The lowest BCUT2D eigenvalue weighted by atomic mass is 9.92. The molecule has 2 rings (SSSR count). The second-order valence-electron chi connectivity index (χ2n) is 7.42. The molecule has 1 aromatic rings. The number of amides is 1. The molecule has 1 aliphatic heterocycles. The number of ether oxygens (including phenoxy) is 1. The summed E-state index contributed by atoms with van der Waals surface area (Å²) >= 11 is 12.3. The highest BCUT2D eigenvalue weighted by Gasteiger charge is 2.24. The number of methoxy groups -OCH3 is 1. The molecule has 1 fully saturated rings. The minimum Gasteiger partial charge on any atom is -0.494 e. The highest BCUT2D eigenvalue weighted by Crippen LogP contribution is 2.34. The summed E-state index contributed by atoms with van der Waals surface area (Å²) in [6.45, 7) is 11.1. The van der Waals surface area contributed by atoms with Crippen LogP contribution in [0, 0.1) is 5.41 Å². The van der Waals surface area contributed by atoms with Crippen LogP contribution in [0.1, 0.15) is 37.6 Å². The molecule has 4 nitrogen and oxygen atoms in total. The zero-order chi connectivity index (χ0) is 17.9. The molecule has 6 heteroatoms. The molecule has 1 aliphatic rings. The van der Waals surface area contributed by atoms with Gasteiger partial charge in [0, 0.05) is 31.7 Å². The second-order valence-corrected chi connectivity index (χ2v) is 8.23. The van der Waals surface area contributed by atoms with Crippen molar-refractivity contribution in [3.63, 3.8) is 0 Å². The number of halogens is 2. The summed E-state index contributed by atoms with van der Waals surface area (Å²) in [6, 6.07) is 3.25. The first-order chi connectivity index (χ1) is 11.2. The van der Waals surface area contributed by atoms with Gasteiger partial charge in [-0.05, 0) is 30.5 Å². The Morgan fingerprint density at radius 2 is 1.67 bits per heavy atom. The number of nitrogens with zero attached hydrogens (tertiary/aromatic N) is 2. The van der Waals surface area contributed by atoms with Crippen LogP contribution < -0.4 is 4.74 Å². The summed E-state index contributed by atoms with van der Waals surface area (Å²) in [6.07, 6.45) is 1.16.